The van der Waals surface area contributed by atoms with Crippen LogP contribution in [-0.4, -0.2) is 44.7 Å². The summed E-state index contributed by atoms with van der Waals surface area (Å²) in [6.07, 6.45) is -1.73. The minimum atomic E-state index is -5.08. The Labute approximate surface area is 170 Å². The van der Waals surface area contributed by atoms with Crippen LogP contribution in [0.1, 0.15) is 29.8 Å². The largest absolute Gasteiger partial charge is 0.490 e. The number of nitrogens with one attached hydrogen (secondary N) is 1. The third kappa shape index (κ3) is 6.30. The average Bonchev–Trinajstić information content (AvgIpc) is 3.47. The molecule has 2 aromatic rings. The zero-order chi connectivity index (χ0) is 21.0. The van der Waals surface area contributed by atoms with Crippen molar-refractivity contribution in [3.05, 3.63) is 52.4 Å². The summed E-state index contributed by atoms with van der Waals surface area (Å²) < 4.78 is 31.7. The van der Waals surface area contributed by atoms with E-state index in [1.54, 1.807) is 0 Å². The van der Waals surface area contributed by atoms with Crippen LogP contribution in [-0.2, 0) is 24.3 Å². The maximum absolute atomic E-state index is 10.6. The molecule has 0 bridgehead atoms. The minimum Gasteiger partial charge on any atom is -0.475 e. The van der Waals surface area contributed by atoms with Gasteiger partial charge in [0.2, 0.25) is 0 Å². The molecule has 1 aliphatic carbocycles. The number of rotatable bonds is 4. The fourth-order valence-electron chi connectivity index (χ4n) is 2.85. The van der Waals surface area contributed by atoms with Crippen molar-refractivity contribution in [2.45, 2.75) is 44.6 Å². The van der Waals surface area contributed by atoms with Crippen molar-refractivity contribution in [3.8, 4) is 0 Å². The first-order valence-corrected chi connectivity index (χ1v) is 9.48. The molecular formula is C19H20ClF3N4O2. The fourth-order valence-corrected chi connectivity index (χ4v) is 3.05. The van der Waals surface area contributed by atoms with E-state index in [9.17, 15) is 13.2 Å². The van der Waals surface area contributed by atoms with Crippen LogP contribution in [0.15, 0.2) is 30.3 Å². The van der Waals surface area contributed by atoms with Crippen molar-refractivity contribution in [1.82, 2.24) is 14.9 Å². The molecule has 4 rings (SSSR count). The van der Waals surface area contributed by atoms with E-state index in [2.05, 4.69) is 45.5 Å². The molecule has 1 aliphatic heterocycles. The first-order valence-electron chi connectivity index (χ1n) is 9.10. The summed E-state index contributed by atoms with van der Waals surface area (Å²) in [5.41, 5.74) is 3.45. The van der Waals surface area contributed by atoms with Crippen LogP contribution in [0.5, 0.6) is 0 Å². The molecule has 0 spiro atoms. The van der Waals surface area contributed by atoms with E-state index in [1.807, 2.05) is 0 Å². The Morgan fingerprint density at radius 2 is 1.86 bits per heavy atom. The van der Waals surface area contributed by atoms with E-state index in [1.165, 1.54) is 18.4 Å². The van der Waals surface area contributed by atoms with E-state index < -0.39 is 12.1 Å². The molecule has 0 saturated heterocycles. The van der Waals surface area contributed by atoms with Crippen molar-refractivity contribution in [2.75, 3.05) is 11.9 Å². The number of fused-ring (bicyclic) bond motifs is 1. The number of halogens is 4. The van der Waals surface area contributed by atoms with E-state index in [-0.39, 0.29) is 0 Å². The van der Waals surface area contributed by atoms with E-state index >= 15 is 0 Å². The van der Waals surface area contributed by atoms with Gasteiger partial charge in [-0.2, -0.15) is 13.2 Å². The van der Waals surface area contributed by atoms with Crippen LogP contribution in [0.3, 0.4) is 0 Å². The molecule has 0 amide bonds. The first-order chi connectivity index (χ1) is 13.7. The van der Waals surface area contributed by atoms with Crippen molar-refractivity contribution in [3.63, 3.8) is 0 Å². The minimum absolute atomic E-state index is 0.507. The Kier molecular flexibility index (Phi) is 6.59. The topological polar surface area (TPSA) is 78.4 Å². The van der Waals surface area contributed by atoms with Gasteiger partial charge in [0, 0.05) is 32.1 Å². The van der Waals surface area contributed by atoms with Crippen LogP contribution >= 0.6 is 11.6 Å². The molecule has 10 heteroatoms. The quantitative estimate of drug-likeness (QED) is 0.769. The Morgan fingerprint density at radius 3 is 2.45 bits per heavy atom. The summed E-state index contributed by atoms with van der Waals surface area (Å²) in [4.78, 5) is 20.6. The lowest BCUT2D eigenvalue weighted by Gasteiger charge is -2.28. The summed E-state index contributed by atoms with van der Waals surface area (Å²) >= 11 is 6.29. The molecular weight excluding hydrogens is 409 g/mol. The highest BCUT2D eigenvalue weighted by molar-refractivity contribution is 6.31. The van der Waals surface area contributed by atoms with Gasteiger partial charge in [-0.15, -0.1) is 0 Å². The second kappa shape index (κ2) is 8.96. The van der Waals surface area contributed by atoms with E-state index in [4.69, 9.17) is 26.5 Å². The molecule has 6 nitrogen and oxygen atoms in total. The fraction of sp³-hybridized carbons (Fsp3) is 0.421. The zero-order valence-electron chi connectivity index (χ0n) is 15.4. The standard InChI is InChI=1S/C17H19ClN4.C2HF3O2/c18-16-17(19-13-6-7-13)21-14-8-9-22(11-15(14)20-16)10-12-4-2-1-3-5-12;3-2(4,5)1(6)7/h1-5,13H,6-11H2,(H,19,21);(H,6,7). The lowest BCUT2D eigenvalue weighted by atomic mass is 10.1. The predicted octanol–water partition coefficient (Wildman–Crippen LogP) is 3.90. The highest BCUT2D eigenvalue weighted by Crippen LogP contribution is 2.29. The Hall–Kier alpha value is -2.39. The maximum Gasteiger partial charge on any atom is 0.490 e. The number of benzene rings is 1. The van der Waals surface area contributed by atoms with Crippen LogP contribution in [0.2, 0.25) is 5.15 Å². The molecule has 2 N–H and O–H groups in total. The predicted molar refractivity (Wildman–Crippen MR) is 102 cm³/mol. The van der Waals surface area contributed by atoms with Crippen molar-refractivity contribution in [2.24, 2.45) is 0 Å². The molecule has 0 radical (unpaired) electrons. The van der Waals surface area contributed by atoms with Gasteiger partial charge in [-0.25, -0.2) is 14.8 Å². The number of hydrogen-bond acceptors (Lipinski definition) is 5. The molecule has 1 saturated carbocycles. The van der Waals surface area contributed by atoms with Gasteiger partial charge in [-0.1, -0.05) is 41.9 Å². The summed E-state index contributed by atoms with van der Waals surface area (Å²) in [6.45, 7) is 2.78. The molecule has 1 aromatic heterocycles. The molecule has 156 valence electrons. The number of anilines is 1. The summed E-state index contributed by atoms with van der Waals surface area (Å²) in [6, 6.07) is 11.1. The van der Waals surface area contributed by atoms with Crippen LogP contribution < -0.4 is 5.32 Å². The summed E-state index contributed by atoms with van der Waals surface area (Å²) in [5.74, 6) is -1.99. The summed E-state index contributed by atoms with van der Waals surface area (Å²) in [5, 5.41) is 11.0. The monoisotopic (exact) mass is 428 g/mol. The maximum atomic E-state index is 10.6. The molecule has 1 aromatic carbocycles. The SMILES string of the molecule is Clc1nc2c(nc1NC1CC1)CCN(Cc1ccccc1)C2.O=C(O)C(F)(F)F. The van der Waals surface area contributed by atoms with E-state index in [0.29, 0.717) is 11.2 Å². The molecule has 0 unspecified atom stereocenters. The zero-order valence-corrected chi connectivity index (χ0v) is 16.2. The Balaban J connectivity index is 0.000000298. The van der Waals surface area contributed by atoms with Gasteiger partial charge >= 0.3 is 12.1 Å². The number of aromatic nitrogens is 2. The third-order valence-electron chi connectivity index (χ3n) is 4.46. The number of alkyl halides is 3. The van der Waals surface area contributed by atoms with Gasteiger partial charge in [0.25, 0.3) is 0 Å². The number of carboxylic acid groups (broad SMARTS) is 1. The van der Waals surface area contributed by atoms with Gasteiger partial charge < -0.3 is 10.4 Å². The average molecular weight is 429 g/mol. The third-order valence-corrected chi connectivity index (χ3v) is 4.72. The van der Waals surface area contributed by atoms with Gasteiger partial charge in [-0.3, -0.25) is 4.90 Å². The van der Waals surface area contributed by atoms with Crippen molar-refractivity contribution >= 4 is 23.4 Å². The highest BCUT2D eigenvalue weighted by Gasteiger charge is 2.38. The van der Waals surface area contributed by atoms with Gasteiger partial charge in [0.15, 0.2) is 11.0 Å². The van der Waals surface area contributed by atoms with Gasteiger partial charge in [0.1, 0.15) is 0 Å². The number of carboxylic acids is 1. The molecule has 0 atom stereocenters. The smallest absolute Gasteiger partial charge is 0.475 e. The highest BCUT2D eigenvalue weighted by atomic mass is 35.5. The first kappa shape index (κ1) is 21.3. The lowest BCUT2D eigenvalue weighted by molar-refractivity contribution is -0.192. The molecule has 29 heavy (non-hydrogen) atoms. The number of carbonyl (C=O) groups is 1. The Bertz CT molecular complexity index is 861. The summed E-state index contributed by atoms with van der Waals surface area (Å²) in [7, 11) is 0. The van der Waals surface area contributed by atoms with Crippen molar-refractivity contribution < 1.29 is 23.1 Å². The Morgan fingerprint density at radius 1 is 1.21 bits per heavy atom. The van der Waals surface area contributed by atoms with Gasteiger partial charge in [0.05, 0.1) is 11.4 Å². The molecule has 1 fully saturated rings. The normalized spacial score (nSPS) is 16.4. The number of aliphatic carboxylic acids is 1. The van der Waals surface area contributed by atoms with Gasteiger partial charge in [-0.05, 0) is 18.4 Å². The van der Waals surface area contributed by atoms with Crippen LogP contribution in [0, 0.1) is 0 Å². The second-order valence-corrected chi connectivity index (χ2v) is 7.28. The molecule has 2 aliphatic rings. The van der Waals surface area contributed by atoms with E-state index in [0.717, 1.165) is 43.3 Å². The van der Waals surface area contributed by atoms with Crippen molar-refractivity contribution in [1.29, 1.82) is 0 Å². The molecule has 2 heterocycles. The van der Waals surface area contributed by atoms with Crippen LogP contribution in [0.4, 0.5) is 19.0 Å². The number of nitrogens with zero attached hydrogens (tertiary/aromatic N) is 3. The second-order valence-electron chi connectivity index (χ2n) is 6.92. The number of hydrogen-bond donors (Lipinski definition) is 2. The van der Waals surface area contributed by atoms with Crippen LogP contribution in [0.25, 0.3) is 0 Å². The lowest BCUT2D eigenvalue weighted by Crippen LogP contribution is -2.31.